The van der Waals surface area contributed by atoms with Crippen molar-refractivity contribution < 1.29 is 0 Å². The third-order valence-electron chi connectivity index (χ3n) is 4.13. The zero-order valence-corrected chi connectivity index (χ0v) is 13.7. The smallest absolute Gasteiger partial charge is 0.267 e. The van der Waals surface area contributed by atoms with Crippen molar-refractivity contribution in [1.29, 1.82) is 0 Å². The molecule has 4 nitrogen and oxygen atoms in total. The van der Waals surface area contributed by atoms with E-state index in [2.05, 4.69) is 37.0 Å². The van der Waals surface area contributed by atoms with E-state index in [1.807, 2.05) is 29.9 Å². The van der Waals surface area contributed by atoms with Gasteiger partial charge in [0.2, 0.25) is 0 Å². The Morgan fingerprint density at radius 2 is 1.87 bits per heavy atom. The molecular formula is C18H15N3OS. The Morgan fingerprint density at radius 3 is 2.61 bits per heavy atom. The van der Waals surface area contributed by atoms with Gasteiger partial charge in [0, 0.05) is 23.3 Å². The van der Waals surface area contributed by atoms with Crippen molar-refractivity contribution in [3.8, 4) is 11.1 Å². The second-order valence-electron chi connectivity index (χ2n) is 5.59. The quantitative estimate of drug-likeness (QED) is 0.562. The van der Waals surface area contributed by atoms with Crippen LogP contribution in [0.1, 0.15) is 11.1 Å². The number of aryl methyl sites for hydroxylation is 2. The normalized spacial score (nSPS) is 11.2. The van der Waals surface area contributed by atoms with Crippen LogP contribution in [0.15, 0.2) is 59.2 Å². The van der Waals surface area contributed by atoms with Gasteiger partial charge in [0.15, 0.2) is 0 Å². The minimum Gasteiger partial charge on any atom is -0.267 e. The van der Waals surface area contributed by atoms with E-state index in [1.54, 1.807) is 11.0 Å². The van der Waals surface area contributed by atoms with Crippen LogP contribution in [0.3, 0.4) is 0 Å². The predicted molar refractivity (Wildman–Crippen MR) is 94.0 cm³/mol. The molecule has 0 aliphatic rings. The molecule has 5 heteroatoms. The first-order valence-electron chi connectivity index (χ1n) is 7.35. The van der Waals surface area contributed by atoms with Gasteiger partial charge in [0.1, 0.15) is 11.2 Å². The molecule has 0 aliphatic carbocycles. The number of benzene rings is 1. The molecule has 0 unspecified atom stereocenters. The molecule has 4 rings (SSSR count). The van der Waals surface area contributed by atoms with Gasteiger partial charge >= 0.3 is 0 Å². The minimum atomic E-state index is -0.0549. The highest BCUT2D eigenvalue weighted by Gasteiger charge is 2.14. The fraction of sp³-hybridized carbons (Fsp3) is 0.111. The van der Waals surface area contributed by atoms with E-state index in [-0.39, 0.29) is 5.56 Å². The summed E-state index contributed by atoms with van der Waals surface area (Å²) in [5, 5.41) is 2.69. The molecule has 114 valence electrons. The van der Waals surface area contributed by atoms with Gasteiger partial charge < -0.3 is 0 Å². The number of aromatic nitrogens is 3. The van der Waals surface area contributed by atoms with Gasteiger partial charge in [0.25, 0.3) is 5.56 Å². The van der Waals surface area contributed by atoms with Crippen LogP contribution in [-0.2, 0) is 0 Å². The maximum absolute atomic E-state index is 12.9. The van der Waals surface area contributed by atoms with Crippen molar-refractivity contribution in [2.24, 2.45) is 0 Å². The predicted octanol–water partition coefficient (Wildman–Crippen LogP) is 3.85. The maximum atomic E-state index is 12.9. The molecule has 3 heterocycles. The lowest BCUT2D eigenvalue weighted by molar-refractivity contribution is 0.628. The van der Waals surface area contributed by atoms with Gasteiger partial charge in [-0.05, 0) is 42.7 Å². The lowest BCUT2D eigenvalue weighted by Crippen LogP contribution is -2.25. The molecule has 0 saturated heterocycles. The second-order valence-corrected chi connectivity index (χ2v) is 6.44. The van der Waals surface area contributed by atoms with Crippen LogP contribution in [0.2, 0.25) is 0 Å². The molecular weight excluding hydrogens is 306 g/mol. The summed E-state index contributed by atoms with van der Waals surface area (Å²) < 4.78 is 3.26. The Kier molecular flexibility index (Phi) is 3.16. The Labute approximate surface area is 137 Å². The molecule has 23 heavy (non-hydrogen) atoms. The summed E-state index contributed by atoms with van der Waals surface area (Å²) in [7, 11) is 0. The van der Waals surface area contributed by atoms with Crippen LogP contribution in [0, 0.1) is 13.8 Å². The fourth-order valence-electron chi connectivity index (χ4n) is 2.68. The van der Waals surface area contributed by atoms with Gasteiger partial charge in [0.05, 0.1) is 5.39 Å². The standard InChI is InChI=1S/C18H15N3OS/c1-12-5-6-14(9-13(12)2)15-10-23-17-16(15)18(22)21(11-19-17)20-7-3-4-8-20/h3-11H,1-2H3. The van der Waals surface area contributed by atoms with E-state index >= 15 is 0 Å². The van der Waals surface area contributed by atoms with Gasteiger partial charge in [-0.3, -0.25) is 9.47 Å². The Bertz CT molecular complexity index is 1060. The van der Waals surface area contributed by atoms with Crippen LogP contribution in [0.4, 0.5) is 0 Å². The summed E-state index contributed by atoms with van der Waals surface area (Å²) in [6, 6.07) is 10.1. The van der Waals surface area contributed by atoms with Crippen LogP contribution in [0.25, 0.3) is 21.3 Å². The van der Waals surface area contributed by atoms with E-state index < -0.39 is 0 Å². The lowest BCUT2D eigenvalue weighted by atomic mass is 10.0. The third kappa shape index (κ3) is 2.21. The van der Waals surface area contributed by atoms with Crippen molar-refractivity contribution in [3.63, 3.8) is 0 Å². The van der Waals surface area contributed by atoms with E-state index in [9.17, 15) is 4.79 Å². The highest BCUT2D eigenvalue weighted by molar-refractivity contribution is 7.17. The van der Waals surface area contributed by atoms with E-state index in [0.29, 0.717) is 5.39 Å². The van der Waals surface area contributed by atoms with E-state index in [4.69, 9.17) is 0 Å². The first-order chi connectivity index (χ1) is 11.1. The monoisotopic (exact) mass is 321 g/mol. The van der Waals surface area contributed by atoms with Crippen molar-refractivity contribution in [1.82, 2.24) is 14.3 Å². The van der Waals surface area contributed by atoms with Crippen LogP contribution in [0.5, 0.6) is 0 Å². The largest absolute Gasteiger partial charge is 0.282 e. The molecule has 1 aromatic carbocycles. The van der Waals surface area contributed by atoms with Crippen molar-refractivity contribution in [3.05, 3.63) is 75.9 Å². The molecule has 0 radical (unpaired) electrons. The Hall–Kier alpha value is -2.66. The lowest BCUT2D eigenvalue weighted by Gasteiger charge is -2.07. The summed E-state index contributed by atoms with van der Waals surface area (Å²) in [6.07, 6.45) is 5.24. The average Bonchev–Trinajstić information content (AvgIpc) is 3.20. The van der Waals surface area contributed by atoms with Crippen molar-refractivity contribution in [2.75, 3.05) is 0 Å². The summed E-state index contributed by atoms with van der Waals surface area (Å²) in [5.41, 5.74) is 4.42. The number of hydrogen-bond donors (Lipinski definition) is 0. The molecule has 0 fully saturated rings. The fourth-order valence-corrected chi connectivity index (χ4v) is 3.59. The van der Waals surface area contributed by atoms with E-state index in [1.165, 1.54) is 27.1 Å². The zero-order valence-electron chi connectivity index (χ0n) is 12.9. The highest BCUT2D eigenvalue weighted by atomic mass is 32.1. The Balaban J connectivity index is 2.00. The number of thiophene rings is 1. The zero-order chi connectivity index (χ0) is 16.0. The second kappa shape index (κ2) is 5.21. The SMILES string of the molecule is Cc1ccc(-c2csc3ncn(-n4cccc4)c(=O)c23)cc1C. The third-order valence-corrected chi connectivity index (χ3v) is 5.02. The van der Waals surface area contributed by atoms with Crippen LogP contribution in [-0.4, -0.2) is 14.3 Å². The first kappa shape index (κ1) is 14.0. The molecule has 0 spiro atoms. The van der Waals surface area contributed by atoms with Crippen LogP contribution < -0.4 is 5.56 Å². The van der Waals surface area contributed by atoms with E-state index in [0.717, 1.165) is 16.0 Å². The summed E-state index contributed by atoms with van der Waals surface area (Å²) in [5.74, 6) is 0. The summed E-state index contributed by atoms with van der Waals surface area (Å²) in [6.45, 7) is 4.18. The molecule has 0 bridgehead atoms. The van der Waals surface area contributed by atoms with Gasteiger partial charge in [-0.1, -0.05) is 18.2 Å². The molecule has 0 saturated carbocycles. The van der Waals surface area contributed by atoms with Crippen molar-refractivity contribution in [2.45, 2.75) is 13.8 Å². The summed E-state index contributed by atoms with van der Waals surface area (Å²) >= 11 is 1.51. The maximum Gasteiger partial charge on any atom is 0.282 e. The number of fused-ring (bicyclic) bond motifs is 1. The van der Waals surface area contributed by atoms with Gasteiger partial charge in [-0.25, -0.2) is 9.66 Å². The average molecular weight is 321 g/mol. The van der Waals surface area contributed by atoms with Crippen LogP contribution >= 0.6 is 11.3 Å². The first-order valence-corrected chi connectivity index (χ1v) is 8.23. The molecule has 4 aromatic rings. The Morgan fingerprint density at radius 1 is 1.09 bits per heavy atom. The topological polar surface area (TPSA) is 39.8 Å². The molecule has 0 atom stereocenters. The summed E-state index contributed by atoms with van der Waals surface area (Å²) in [4.78, 5) is 18.2. The molecule has 0 N–H and O–H groups in total. The van der Waals surface area contributed by atoms with Gasteiger partial charge in [-0.15, -0.1) is 11.3 Å². The number of nitrogens with zero attached hydrogens (tertiary/aromatic N) is 3. The highest BCUT2D eigenvalue weighted by Crippen LogP contribution is 2.31. The van der Waals surface area contributed by atoms with Gasteiger partial charge in [-0.2, -0.15) is 0 Å². The number of hydrogen-bond acceptors (Lipinski definition) is 3. The minimum absolute atomic E-state index is 0.0549. The molecule has 3 aromatic heterocycles. The van der Waals surface area contributed by atoms with Crippen molar-refractivity contribution >= 4 is 21.6 Å². The molecule has 0 amide bonds. The number of rotatable bonds is 2. The molecule has 0 aliphatic heterocycles.